The number of benzene rings is 1. The molecule has 0 amide bonds. The molecule has 0 bridgehead atoms. The van der Waals surface area contributed by atoms with Crippen LogP contribution in [-0.4, -0.2) is 21.1 Å². The van der Waals surface area contributed by atoms with Crippen LogP contribution in [0.1, 0.15) is 13.3 Å². The van der Waals surface area contributed by atoms with Gasteiger partial charge in [-0.2, -0.15) is 0 Å². The largest absolute Gasteiger partial charge is 0.488 e. The normalized spacial score (nSPS) is 23.7. The number of rotatable bonds is 1. The second-order valence-electron chi connectivity index (χ2n) is 3.45. The van der Waals surface area contributed by atoms with E-state index in [0.717, 1.165) is 6.42 Å². The average Bonchev–Trinajstić information content (AvgIpc) is 2.36. The minimum Gasteiger partial charge on any atom is -0.488 e. The molecule has 2 rings (SSSR count). The van der Waals surface area contributed by atoms with Crippen LogP contribution in [0.25, 0.3) is 0 Å². The van der Waals surface area contributed by atoms with Crippen molar-refractivity contribution >= 4 is 10.0 Å². The maximum Gasteiger partial charge on any atom is 0.244 e. The third kappa shape index (κ3) is 1.98. The average molecular weight is 227 g/mol. The Morgan fingerprint density at radius 1 is 1.47 bits per heavy atom. The fourth-order valence-corrected chi connectivity index (χ4v) is 2.70. The van der Waals surface area contributed by atoms with Gasteiger partial charge in [-0.3, -0.25) is 0 Å². The van der Waals surface area contributed by atoms with E-state index in [0.29, 0.717) is 12.3 Å². The Kier molecular flexibility index (Phi) is 2.67. The lowest BCUT2D eigenvalue weighted by atomic mass is 10.3. The molecule has 1 aromatic carbocycles. The highest BCUT2D eigenvalue weighted by Gasteiger charge is 2.25. The monoisotopic (exact) mass is 227 g/mol. The van der Waals surface area contributed by atoms with E-state index in [2.05, 4.69) is 4.72 Å². The lowest BCUT2D eigenvalue weighted by Crippen LogP contribution is -2.31. The van der Waals surface area contributed by atoms with Gasteiger partial charge in [0.1, 0.15) is 16.7 Å². The van der Waals surface area contributed by atoms with E-state index >= 15 is 0 Å². The van der Waals surface area contributed by atoms with Crippen LogP contribution >= 0.6 is 0 Å². The van der Waals surface area contributed by atoms with Crippen LogP contribution in [0.4, 0.5) is 0 Å². The summed E-state index contributed by atoms with van der Waals surface area (Å²) in [5, 5.41) is 0. The van der Waals surface area contributed by atoms with Gasteiger partial charge in [-0.1, -0.05) is 19.1 Å². The molecule has 1 aliphatic rings. The van der Waals surface area contributed by atoms with Crippen molar-refractivity contribution in [2.45, 2.75) is 24.3 Å². The zero-order valence-electron chi connectivity index (χ0n) is 8.43. The lowest BCUT2D eigenvalue weighted by molar-refractivity contribution is 0.200. The van der Waals surface area contributed by atoms with E-state index in [1.807, 2.05) is 6.92 Å². The zero-order valence-corrected chi connectivity index (χ0v) is 9.25. The molecule has 1 heterocycles. The molecule has 0 saturated heterocycles. The Balaban J connectivity index is 2.50. The summed E-state index contributed by atoms with van der Waals surface area (Å²) in [7, 11) is -3.40. The van der Waals surface area contributed by atoms with Gasteiger partial charge in [0.05, 0.1) is 0 Å². The van der Waals surface area contributed by atoms with Crippen molar-refractivity contribution < 1.29 is 13.2 Å². The summed E-state index contributed by atoms with van der Waals surface area (Å²) in [4.78, 5) is 0.223. The molecule has 1 N–H and O–H groups in total. The van der Waals surface area contributed by atoms with E-state index in [1.54, 1.807) is 24.3 Å². The number of hydrogen-bond acceptors (Lipinski definition) is 3. The molecule has 0 radical (unpaired) electrons. The predicted molar refractivity (Wildman–Crippen MR) is 56.3 cm³/mol. The number of sulfonamides is 1. The quantitative estimate of drug-likeness (QED) is 0.782. The molecule has 1 aromatic rings. The Labute approximate surface area is 89.3 Å². The Hall–Kier alpha value is -1.07. The third-order valence-corrected chi connectivity index (χ3v) is 3.85. The van der Waals surface area contributed by atoms with Crippen LogP contribution in [0, 0.1) is 0 Å². The first-order valence-corrected chi connectivity index (χ1v) is 6.37. The first kappa shape index (κ1) is 10.4. The van der Waals surface area contributed by atoms with Crippen LogP contribution in [0.2, 0.25) is 0 Å². The number of ether oxygens (including phenoxy) is 1. The minimum atomic E-state index is -3.40. The summed E-state index contributed by atoms with van der Waals surface area (Å²) < 4.78 is 31.7. The van der Waals surface area contributed by atoms with Gasteiger partial charge in [0.2, 0.25) is 10.0 Å². The van der Waals surface area contributed by atoms with Crippen molar-refractivity contribution in [3.05, 3.63) is 24.3 Å². The highest BCUT2D eigenvalue weighted by molar-refractivity contribution is 7.89. The van der Waals surface area contributed by atoms with Crippen molar-refractivity contribution in [2.24, 2.45) is 0 Å². The Morgan fingerprint density at radius 2 is 2.20 bits per heavy atom. The molecular weight excluding hydrogens is 214 g/mol. The summed E-state index contributed by atoms with van der Waals surface area (Å²) in [5.74, 6) is 0.439. The Morgan fingerprint density at radius 3 is 2.93 bits per heavy atom. The van der Waals surface area contributed by atoms with Gasteiger partial charge in [-0.25, -0.2) is 13.1 Å². The summed E-state index contributed by atoms with van der Waals surface area (Å²) in [6.45, 7) is 2.29. The van der Waals surface area contributed by atoms with Crippen LogP contribution in [0.15, 0.2) is 29.2 Å². The van der Waals surface area contributed by atoms with Gasteiger partial charge in [-0.05, 0) is 18.6 Å². The molecule has 0 aliphatic carbocycles. The second kappa shape index (κ2) is 3.83. The third-order valence-electron chi connectivity index (χ3n) is 2.39. The summed E-state index contributed by atoms with van der Waals surface area (Å²) >= 11 is 0. The molecule has 15 heavy (non-hydrogen) atoms. The lowest BCUT2D eigenvalue weighted by Gasteiger charge is -2.13. The Bertz CT molecular complexity index is 455. The smallest absolute Gasteiger partial charge is 0.244 e. The minimum absolute atomic E-state index is 0.0941. The van der Waals surface area contributed by atoms with E-state index in [4.69, 9.17) is 4.74 Å². The second-order valence-corrected chi connectivity index (χ2v) is 5.18. The van der Waals surface area contributed by atoms with Crippen molar-refractivity contribution in [1.29, 1.82) is 0 Å². The topological polar surface area (TPSA) is 55.4 Å². The fraction of sp³-hybridized carbons (Fsp3) is 0.400. The van der Waals surface area contributed by atoms with Crippen molar-refractivity contribution in [1.82, 2.24) is 4.72 Å². The molecule has 0 aromatic heterocycles. The summed E-state index contributed by atoms with van der Waals surface area (Å²) in [5.41, 5.74) is 0. The highest BCUT2D eigenvalue weighted by atomic mass is 32.2. The van der Waals surface area contributed by atoms with E-state index in [9.17, 15) is 8.42 Å². The van der Waals surface area contributed by atoms with Gasteiger partial charge in [-0.15, -0.1) is 0 Å². The van der Waals surface area contributed by atoms with Gasteiger partial charge in [0.25, 0.3) is 0 Å². The fourth-order valence-electron chi connectivity index (χ4n) is 1.50. The number of hydrogen-bond donors (Lipinski definition) is 1. The van der Waals surface area contributed by atoms with Crippen LogP contribution in [-0.2, 0) is 10.0 Å². The van der Waals surface area contributed by atoms with E-state index < -0.39 is 10.0 Å². The molecule has 5 heteroatoms. The van der Waals surface area contributed by atoms with Crippen molar-refractivity contribution in [3.8, 4) is 5.75 Å². The molecule has 1 atom stereocenters. The number of nitrogens with one attached hydrogen (secondary N) is 1. The maximum absolute atomic E-state index is 11.8. The first-order valence-electron chi connectivity index (χ1n) is 4.89. The molecule has 0 unspecified atom stereocenters. The van der Waals surface area contributed by atoms with Crippen LogP contribution < -0.4 is 9.46 Å². The molecule has 4 nitrogen and oxygen atoms in total. The zero-order chi connectivity index (χ0) is 10.9. The molecule has 0 fully saturated rings. The van der Waals surface area contributed by atoms with Gasteiger partial charge in [0.15, 0.2) is 0 Å². The number of para-hydroxylation sites is 1. The number of fused-ring (bicyclic) bond motifs is 1. The van der Waals surface area contributed by atoms with Crippen LogP contribution in [0.3, 0.4) is 0 Å². The highest BCUT2D eigenvalue weighted by Crippen LogP contribution is 2.26. The molecule has 1 aliphatic heterocycles. The SMILES string of the molecule is CC[C@@H]1CNS(=O)(=O)c2ccccc2O1. The molecule has 82 valence electrons. The first-order chi connectivity index (χ1) is 7.13. The van der Waals surface area contributed by atoms with Gasteiger partial charge >= 0.3 is 0 Å². The van der Waals surface area contributed by atoms with Crippen LogP contribution in [0.5, 0.6) is 5.75 Å². The molecule has 0 saturated carbocycles. The van der Waals surface area contributed by atoms with Crippen molar-refractivity contribution in [3.63, 3.8) is 0 Å². The summed E-state index contributed by atoms with van der Waals surface area (Å²) in [6.07, 6.45) is 0.681. The summed E-state index contributed by atoms with van der Waals surface area (Å²) in [6, 6.07) is 6.69. The predicted octanol–water partition coefficient (Wildman–Crippen LogP) is 1.14. The van der Waals surface area contributed by atoms with Gasteiger partial charge < -0.3 is 4.74 Å². The molecular formula is C10H13NO3S. The van der Waals surface area contributed by atoms with E-state index in [1.165, 1.54) is 0 Å². The standard InChI is InChI=1S/C10H13NO3S/c1-2-8-7-11-15(12,13)10-6-4-3-5-9(10)14-8/h3-6,8,11H,2,7H2,1H3/t8-/m1/s1. The molecule has 0 spiro atoms. The maximum atomic E-state index is 11.8. The van der Waals surface area contributed by atoms with Crippen molar-refractivity contribution in [2.75, 3.05) is 6.54 Å². The van der Waals surface area contributed by atoms with Gasteiger partial charge in [0, 0.05) is 6.54 Å². The van der Waals surface area contributed by atoms with E-state index in [-0.39, 0.29) is 11.0 Å².